The molecule has 0 N–H and O–H groups in total. The van der Waals surface area contributed by atoms with Gasteiger partial charge in [-0.05, 0) is 24.5 Å². The molecule has 0 spiro atoms. The fourth-order valence-electron chi connectivity index (χ4n) is 2.87. The number of ether oxygens (including phenoxy) is 2. The topological polar surface area (TPSA) is 18.5 Å². The molecule has 0 heterocycles. The molecule has 0 aliphatic heterocycles. The van der Waals surface area contributed by atoms with Crippen molar-refractivity contribution in [1.29, 1.82) is 0 Å². The van der Waals surface area contributed by atoms with Crippen molar-refractivity contribution < 1.29 is 9.47 Å². The molecule has 0 amide bonds. The maximum Gasteiger partial charge on any atom is 0.168 e. The van der Waals surface area contributed by atoms with Gasteiger partial charge in [-0.25, -0.2) is 0 Å². The normalized spacial score (nSPS) is 23.3. The third-order valence-corrected chi connectivity index (χ3v) is 4.42. The summed E-state index contributed by atoms with van der Waals surface area (Å²) >= 11 is 3.47. The van der Waals surface area contributed by atoms with Gasteiger partial charge in [0.2, 0.25) is 0 Å². The van der Waals surface area contributed by atoms with E-state index in [1.165, 1.54) is 24.8 Å². The molecule has 0 saturated heterocycles. The molecule has 1 aliphatic carbocycles. The average Bonchev–Trinajstić information content (AvgIpc) is 2.55. The fourth-order valence-corrected chi connectivity index (χ4v) is 3.21. The molecule has 2 rings (SSSR count). The van der Waals surface area contributed by atoms with Crippen LogP contribution in [0.2, 0.25) is 0 Å². The van der Waals surface area contributed by atoms with Gasteiger partial charge in [0.15, 0.2) is 6.29 Å². The summed E-state index contributed by atoms with van der Waals surface area (Å²) in [6.07, 6.45) is 6.59. The maximum absolute atomic E-state index is 6.22. The summed E-state index contributed by atoms with van der Waals surface area (Å²) in [5, 5.41) is 0.677. The van der Waals surface area contributed by atoms with E-state index in [1.54, 1.807) is 6.08 Å². The lowest BCUT2D eigenvalue weighted by molar-refractivity contribution is -0.161. The average molecular weight is 351 g/mol. The van der Waals surface area contributed by atoms with Crippen LogP contribution in [0.1, 0.15) is 37.2 Å². The van der Waals surface area contributed by atoms with Crippen molar-refractivity contribution in [2.45, 2.75) is 44.0 Å². The molecule has 3 heteroatoms. The number of hydrogen-bond donors (Lipinski definition) is 0. The molecule has 1 aromatic rings. The Kier molecular flexibility index (Phi) is 7.25. The van der Waals surface area contributed by atoms with Crippen LogP contribution in [0.25, 0.3) is 0 Å². The zero-order valence-electron chi connectivity index (χ0n) is 12.3. The van der Waals surface area contributed by atoms with Gasteiger partial charge >= 0.3 is 0 Å². The summed E-state index contributed by atoms with van der Waals surface area (Å²) in [6.45, 7) is 4.03. The SMILES string of the molecule is C=C=CCO[C@@H](CBr)O[C@@H]1CCCC[C@H]1c1ccccc1. The molecule has 1 aliphatic rings. The van der Waals surface area contributed by atoms with Crippen LogP contribution >= 0.6 is 15.9 Å². The third kappa shape index (κ3) is 5.12. The van der Waals surface area contributed by atoms with Crippen LogP contribution in [0, 0.1) is 0 Å². The van der Waals surface area contributed by atoms with Crippen LogP contribution < -0.4 is 0 Å². The summed E-state index contributed by atoms with van der Waals surface area (Å²) in [5.74, 6) is 0.472. The van der Waals surface area contributed by atoms with E-state index in [2.05, 4.69) is 58.6 Å². The molecule has 1 saturated carbocycles. The molecule has 21 heavy (non-hydrogen) atoms. The van der Waals surface area contributed by atoms with Gasteiger partial charge in [-0.15, -0.1) is 5.73 Å². The Hall–Kier alpha value is -0.860. The molecular weight excluding hydrogens is 328 g/mol. The molecule has 0 radical (unpaired) electrons. The zero-order valence-corrected chi connectivity index (χ0v) is 13.9. The van der Waals surface area contributed by atoms with Crippen LogP contribution in [0.4, 0.5) is 0 Å². The molecule has 0 unspecified atom stereocenters. The molecule has 114 valence electrons. The number of benzene rings is 1. The highest BCUT2D eigenvalue weighted by Gasteiger charge is 2.29. The lowest BCUT2D eigenvalue weighted by Gasteiger charge is -2.34. The molecule has 1 aromatic carbocycles. The van der Waals surface area contributed by atoms with Gasteiger partial charge in [-0.1, -0.05) is 65.7 Å². The van der Waals surface area contributed by atoms with Crippen LogP contribution in [0.15, 0.2) is 48.7 Å². The van der Waals surface area contributed by atoms with Crippen LogP contribution in [0.5, 0.6) is 0 Å². The van der Waals surface area contributed by atoms with E-state index in [-0.39, 0.29) is 12.4 Å². The van der Waals surface area contributed by atoms with Gasteiger partial charge < -0.3 is 9.47 Å². The first-order valence-corrected chi connectivity index (χ1v) is 8.69. The van der Waals surface area contributed by atoms with E-state index < -0.39 is 0 Å². The standard InChI is InChI=1S/C18H23BrO2/c1-2-3-13-20-18(14-19)21-17-12-8-7-11-16(17)15-9-5-4-6-10-15/h3-6,9-10,16-18H,1,7-8,11-14H2/t16-,17+,18+/m0/s1. The summed E-state index contributed by atoms with van der Waals surface area (Å²) in [6, 6.07) is 10.7. The second-order valence-corrected chi connectivity index (χ2v) is 5.95. The summed E-state index contributed by atoms with van der Waals surface area (Å²) in [5.41, 5.74) is 4.09. The van der Waals surface area contributed by atoms with Gasteiger partial charge in [0.25, 0.3) is 0 Å². The van der Waals surface area contributed by atoms with Gasteiger partial charge in [-0.2, -0.15) is 0 Å². The third-order valence-electron chi connectivity index (χ3n) is 3.89. The predicted octanol–water partition coefficient (Wildman–Crippen LogP) is 4.81. The van der Waals surface area contributed by atoms with Crippen molar-refractivity contribution >= 4 is 15.9 Å². The first-order chi connectivity index (χ1) is 10.3. The minimum atomic E-state index is -0.219. The molecule has 1 fully saturated rings. The number of rotatable bonds is 7. The molecule has 0 aromatic heterocycles. The Morgan fingerprint density at radius 3 is 2.76 bits per heavy atom. The van der Waals surface area contributed by atoms with Crippen LogP contribution in [0.3, 0.4) is 0 Å². The van der Waals surface area contributed by atoms with E-state index in [0.29, 0.717) is 17.9 Å². The summed E-state index contributed by atoms with van der Waals surface area (Å²) in [7, 11) is 0. The number of halogens is 1. The van der Waals surface area contributed by atoms with Crippen molar-refractivity contribution in [3.05, 3.63) is 54.3 Å². The predicted molar refractivity (Wildman–Crippen MR) is 89.8 cm³/mol. The fraction of sp³-hybridized carbons (Fsp3) is 0.500. The van der Waals surface area contributed by atoms with E-state index in [9.17, 15) is 0 Å². The Morgan fingerprint density at radius 1 is 1.29 bits per heavy atom. The van der Waals surface area contributed by atoms with E-state index in [4.69, 9.17) is 9.47 Å². The lowest BCUT2D eigenvalue weighted by Crippen LogP contribution is -2.32. The van der Waals surface area contributed by atoms with Crippen LogP contribution in [-0.4, -0.2) is 24.3 Å². The number of alkyl halides is 1. The highest BCUT2D eigenvalue weighted by molar-refractivity contribution is 9.09. The van der Waals surface area contributed by atoms with E-state index in [0.717, 1.165) is 6.42 Å². The first-order valence-electron chi connectivity index (χ1n) is 7.57. The van der Waals surface area contributed by atoms with Crippen molar-refractivity contribution in [3.63, 3.8) is 0 Å². The highest BCUT2D eigenvalue weighted by atomic mass is 79.9. The second kappa shape index (κ2) is 9.22. The number of hydrogen-bond acceptors (Lipinski definition) is 2. The zero-order chi connectivity index (χ0) is 14.9. The Morgan fingerprint density at radius 2 is 2.05 bits per heavy atom. The largest absolute Gasteiger partial charge is 0.348 e. The molecular formula is C18H23BrO2. The highest BCUT2D eigenvalue weighted by Crippen LogP contribution is 2.35. The Balaban J connectivity index is 1.99. The van der Waals surface area contributed by atoms with Crippen molar-refractivity contribution in [1.82, 2.24) is 0 Å². The van der Waals surface area contributed by atoms with E-state index in [1.807, 2.05) is 0 Å². The van der Waals surface area contributed by atoms with Crippen molar-refractivity contribution in [2.24, 2.45) is 0 Å². The summed E-state index contributed by atoms with van der Waals surface area (Å²) < 4.78 is 11.9. The Labute approximate surface area is 136 Å². The monoisotopic (exact) mass is 350 g/mol. The molecule has 2 nitrogen and oxygen atoms in total. The van der Waals surface area contributed by atoms with Gasteiger partial charge in [0, 0.05) is 5.92 Å². The van der Waals surface area contributed by atoms with Gasteiger partial charge in [0.1, 0.15) is 0 Å². The quantitative estimate of drug-likeness (QED) is 0.399. The van der Waals surface area contributed by atoms with Crippen LogP contribution in [-0.2, 0) is 9.47 Å². The smallest absolute Gasteiger partial charge is 0.168 e. The second-order valence-electron chi connectivity index (χ2n) is 5.30. The summed E-state index contributed by atoms with van der Waals surface area (Å²) in [4.78, 5) is 0. The van der Waals surface area contributed by atoms with Gasteiger partial charge in [-0.3, -0.25) is 0 Å². The minimum Gasteiger partial charge on any atom is -0.348 e. The Bertz CT molecular complexity index is 454. The van der Waals surface area contributed by atoms with Crippen molar-refractivity contribution in [2.75, 3.05) is 11.9 Å². The maximum atomic E-state index is 6.22. The first kappa shape index (κ1) is 16.5. The molecule has 3 atom stereocenters. The minimum absolute atomic E-state index is 0.219. The van der Waals surface area contributed by atoms with Gasteiger partial charge in [0.05, 0.1) is 18.0 Å². The van der Waals surface area contributed by atoms with E-state index >= 15 is 0 Å². The van der Waals surface area contributed by atoms with Crippen molar-refractivity contribution in [3.8, 4) is 0 Å². The molecule has 0 bridgehead atoms. The lowest BCUT2D eigenvalue weighted by atomic mass is 9.81.